The van der Waals surface area contributed by atoms with Gasteiger partial charge in [-0.1, -0.05) is 0 Å². The van der Waals surface area contributed by atoms with Gasteiger partial charge in [0.1, 0.15) is 0 Å². The van der Waals surface area contributed by atoms with Crippen LogP contribution in [0.1, 0.15) is 17.0 Å². The van der Waals surface area contributed by atoms with Gasteiger partial charge >= 0.3 is 0 Å². The summed E-state index contributed by atoms with van der Waals surface area (Å²) in [5.41, 5.74) is 2.83. The van der Waals surface area contributed by atoms with Gasteiger partial charge in [0.2, 0.25) is 5.91 Å². The molecule has 0 aliphatic carbocycles. The van der Waals surface area contributed by atoms with Crippen LogP contribution in [0.25, 0.3) is 0 Å². The molecule has 0 aromatic carbocycles. The van der Waals surface area contributed by atoms with Crippen molar-refractivity contribution in [1.82, 2.24) is 20.5 Å². The molecule has 1 amide bonds. The first-order chi connectivity index (χ1) is 8.75. The molecule has 1 saturated heterocycles. The van der Waals surface area contributed by atoms with Crippen LogP contribution in [0.5, 0.6) is 0 Å². The van der Waals surface area contributed by atoms with Crippen LogP contribution in [-0.2, 0) is 11.3 Å². The molecule has 1 aromatic heterocycles. The Bertz CT molecular complexity index is 385. The Morgan fingerprint density at radius 2 is 2.44 bits per heavy atom. The number of carbonyl (C=O) groups excluding carboxylic acids is 1. The maximum Gasteiger partial charge on any atom is 0.234 e. The van der Waals surface area contributed by atoms with Crippen LogP contribution in [0.2, 0.25) is 0 Å². The zero-order valence-corrected chi connectivity index (χ0v) is 11.6. The van der Waals surface area contributed by atoms with Gasteiger partial charge in [-0.2, -0.15) is 0 Å². The molecule has 2 heterocycles. The van der Waals surface area contributed by atoms with Crippen molar-refractivity contribution in [3.63, 3.8) is 0 Å². The summed E-state index contributed by atoms with van der Waals surface area (Å²) >= 11 is 1.59. The zero-order chi connectivity index (χ0) is 12.8. The second-order valence-electron chi connectivity index (χ2n) is 4.52. The van der Waals surface area contributed by atoms with Crippen molar-refractivity contribution in [2.24, 2.45) is 0 Å². The van der Waals surface area contributed by atoms with Gasteiger partial charge in [0, 0.05) is 18.0 Å². The SMILES string of the molecule is Cc1ncsc1CNC(=O)CN1CCCNCC1. The Hall–Kier alpha value is -0.980. The largest absolute Gasteiger partial charge is 0.350 e. The van der Waals surface area contributed by atoms with E-state index in [1.807, 2.05) is 12.4 Å². The molecule has 5 nitrogen and oxygen atoms in total. The summed E-state index contributed by atoms with van der Waals surface area (Å²) in [6.45, 7) is 7.05. The fraction of sp³-hybridized carbons (Fsp3) is 0.667. The molecule has 6 heteroatoms. The van der Waals surface area contributed by atoms with Crippen LogP contribution in [-0.4, -0.2) is 48.5 Å². The quantitative estimate of drug-likeness (QED) is 0.828. The molecular weight excluding hydrogens is 248 g/mol. The van der Waals surface area contributed by atoms with Crippen LogP contribution < -0.4 is 10.6 Å². The lowest BCUT2D eigenvalue weighted by Crippen LogP contribution is -2.38. The van der Waals surface area contributed by atoms with Crippen molar-refractivity contribution in [2.75, 3.05) is 32.7 Å². The van der Waals surface area contributed by atoms with Crippen molar-refractivity contribution in [2.45, 2.75) is 19.9 Å². The molecule has 1 aliphatic heterocycles. The summed E-state index contributed by atoms with van der Waals surface area (Å²) in [5.74, 6) is 0.102. The number of rotatable bonds is 4. The highest BCUT2D eigenvalue weighted by molar-refractivity contribution is 7.09. The normalized spacial score (nSPS) is 17.4. The fourth-order valence-electron chi connectivity index (χ4n) is 1.99. The van der Waals surface area contributed by atoms with Gasteiger partial charge < -0.3 is 10.6 Å². The number of aryl methyl sites for hydroxylation is 1. The third kappa shape index (κ3) is 4.04. The summed E-state index contributed by atoms with van der Waals surface area (Å²) in [6.07, 6.45) is 1.11. The fourth-order valence-corrected chi connectivity index (χ4v) is 2.71. The highest BCUT2D eigenvalue weighted by atomic mass is 32.1. The third-order valence-corrected chi connectivity index (χ3v) is 4.03. The summed E-state index contributed by atoms with van der Waals surface area (Å²) < 4.78 is 0. The van der Waals surface area contributed by atoms with Gasteiger partial charge in [-0.15, -0.1) is 11.3 Å². The van der Waals surface area contributed by atoms with E-state index >= 15 is 0 Å². The Morgan fingerprint density at radius 1 is 1.56 bits per heavy atom. The molecule has 18 heavy (non-hydrogen) atoms. The van der Waals surface area contributed by atoms with Crippen molar-refractivity contribution >= 4 is 17.2 Å². The van der Waals surface area contributed by atoms with E-state index in [4.69, 9.17) is 0 Å². The van der Waals surface area contributed by atoms with Gasteiger partial charge in [0.15, 0.2) is 0 Å². The second-order valence-corrected chi connectivity index (χ2v) is 5.46. The van der Waals surface area contributed by atoms with Crippen molar-refractivity contribution < 1.29 is 4.79 Å². The molecular formula is C12H20N4OS. The molecule has 2 N–H and O–H groups in total. The van der Waals surface area contributed by atoms with E-state index in [1.165, 1.54) is 0 Å². The number of thiazole rings is 1. The van der Waals surface area contributed by atoms with E-state index in [9.17, 15) is 4.79 Å². The average molecular weight is 268 g/mol. The minimum Gasteiger partial charge on any atom is -0.350 e. The van der Waals surface area contributed by atoms with Gasteiger partial charge in [-0.25, -0.2) is 4.98 Å². The number of nitrogens with zero attached hydrogens (tertiary/aromatic N) is 2. The van der Waals surface area contributed by atoms with E-state index in [0.29, 0.717) is 13.1 Å². The first-order valence-corrected chi connectivity index (χ1v) is 7.22. The number of amides is 1. The van der Waals surface area contributed by atoms with Crippen LogP contribution in [0, 0.1) is 6.92 Å². The summed E-state index contributed by atoms with van der Waals surface area (Å²) in [6, 6.07) is 0. The molecule has 0 radical (unpaired) electrons. The van der Waals surface area contributed by atoms with Crippen LogP contribution >= 0.6 is 11.3 Å². The zero-order valence-electron chi connectivity index (χ0n) is 10.7. The maximum absolute atomic E-state index is 11.8. The van der Waals surface area contributed by atoms with E-state index < -0.39 is 0 Å². The number of carbonyl (C=O) groups is 1. The van der Waals surface area contributed by atoms with E-state index in [2.05, 4.69) is 20.5 Å². The minimum atomic E-state index is 0.102. The molecule has 1 fully saturated rings. The summed E-state index contributed by atoms with van der Waals surface area (Å²) in [4.78, 5) is 19.4. The Balaban J connectivity index is 1.73. The van der Waals surface area contributed by atoms with Gasteiger partial charge in [0.05, 0.1) is 24.3 Å². The first-order valence-electron chi connectivity index (χ1n) is 6.34. The van der Waals surface area contributed by atoms with E-state index in [-0.39, 0.29) is 5.91 Å². The molecule has 0 unspecified atom stereocenters. The van der Waals surface area contributed by atoms with Crippen molar-refractivity contribution in [3.8, 4) is 0 Å². The summed E-state index contributed by atoms with van der Waals surface area (Å²) in [7, 11) is 0. The molecule has 1 aliphatic rings. The topological polar surface area (TPSA) is 57.3 Å². The molecule has 100 valence electrons. The molecule has 2 rings (SSSR count). The Kier molecular flexibility index (Phi) is 5.10. The van der Waals surface area contributed by atoms with Crippen molar-refractivity contribution in [1.29, 1.82) is 0 Å². The predicted octanol–water partition coefficient (Wildman–Crippen LogP) is 0.363. The maximum atomic E-state index is 11.8. The Labute approximate surface area is 112 Å². The third-order valence-electron chi connectivity index (χ3n) is 3.09. The average Bonchev–Trinajstić information content (AvgIpc) is 2.61. The number of hydrogen-bond donors (Lipinski definition) is 2. The lowest BCUT2D eigenvalue weighted by molar-refractivity contribution is -0.122. The minimum absolute atomic E-state index is 0.102. The predicted molar refractivity (Wildman–Crippen MR) is 72.6 cm³/mol. The first kappa shape index (κ1) is 13.5. The summed E-state index contributed by atoms with van der Waals surface area (Å²) in [5, 5.41) is 6.30. The van der Waals surface area contributed by atoms with Gasteiger partial charge in [0.25, 0.3) is 0 Å². The smallest absolute Gasteiger partial charge is 0.234 e. The lowest BCUT2D eigenvalue weighted by Gasteiger charge is -2.18. The van der Waals surface area contributed by atoms with E-state index in [1.54, 1.807) is 11.3 Å². The molecule has 1 aromatic rings. The van der Waals surface area contributed by atoms with Crippen molar-refractivity contribution in [3.05, 3.63) is 16.1 Å². The monoisotopic (exact) mass is 268 g/mol. The molecule has 0 bridgehead atoms. The molecule has 0 atom stereocenters. The number of aromatic nitrogens is 1. The molecule has 0 saturated carbocycles. The molecule has 0 spiro atoms. The van der Waals surface area contributed by atoms with Crippen LogP contribution in [0.4, 0.5) is 0 Å². The van der Waals surface area contributed by atoms with E-state index in [0.717, 1.165) is 43.2 Å². The number of nitrogens with one attached hydrogen (secondary N) is 2. The lowest BCUT2D eigenvalue weighted by atomic mass is 10.3. The van der Waals surface area contributed by atoms with Crippen LogP contribution in [0.3, 0.4) is 0 Å². The van der Waals surface area contributed by atoms with Crippen LogP contribution in [0.15, 0.2) is 5.51 Å². The highest BCUT2D eigenvalue weighted by Crippen LogP contribution is 2.11. The Morgan fingerprint density at radius 3 is 3.22 bits per heavy atom. The standard InChI is InChI=1S/C12H20N4OS/c1-10-11(18-9-15-10)7-14-12(17)8-16-5-2-3-13-4-6-16/h9,13H,2-8H2,1H3,(H,14,17). The number of hydrogen-bond acceptors (Lipinski definition) is 5. The van der Waals surface area contributed by atoms with Gasteiger partial charge in [-0.05, 0) is 26.4 Å². The highest BCUT2D eigenvalue weighted by Gasteiger charge is 2.12. The second kappa shape index (κ2) is 6.82. The van der Waals surface area contributed by atoms with Gasteiger partial charge in [-0.3, -0.25) is 9.69 Å².